The molecule has 3 atom stereocenters. The number of nitrogens with one attached hydrogen (secondary N) is 1. The van der Waals surface area contributed by atoms with Gasteiger partial charge in [-0.2, -0.15) is 5.10 Å². The number of allylic oxidation sites excluding steroid dienone is 1. The maximum Gasteiger partial charge on any atom is 0.224 e. The van der Waals surface area contributed by atoms with E-state index in [0.717, 1.165) is 42.6 Å². The molecule has 3 aromatic rings. The monoisotopic (exact) mass is 455 g/mol. The van der Waals surface area contributed by atoms with Gasteiger partial charge in [-0.3, -0.25) is 4.79 Å². The first-order valence-electron chi connectivity index (χ1n) is 12.0. The zero-order chi connectivity index (χ0) is 23.7. The summed E-state index contributed by atoms with van der Waals surface area (Å²) >= 11 is 0. The fraction of sp³-hybridized carbons (Fsp3) is 0.310. The molecule has 5 heteroatoms. The van der Waals surface area contributed by atoms with Gasteiger partial charge in [0.15, 0.2) is 0 Å². The molecular weight excluding hydrogens is 425 g/mol. The number of fused-ring (bicyclic) bond motifs is 2. The van der Waals surface area contributed by atoms with Crippen LogP contribution in [-0.4, -0.2) is 15.7 Å². The minimum atomic E-state index is -0.248. The molecule has 5 rings (SSSR count). The topological polar surface area (TPSA) is 46.9 Å². The largest absolute Gasteiger partial charge is 0.349 e. The molecule has 4 nitrogen and oxygen atoms in total. The van der Waals surface area contributed by atoms with Crippen LogP contribution in [0.15, 0.2) is 79.0 Å². The second kappa shape index (κ2) is 9.05. The summed E-state index contributed by atoms with van der Waals surface area (Å²) in [6, 6.07) is 16.7. The summed E-state index contributed by atoms with van der Waals surface area (Å²) in [6.07, 6.45) is 10.2. The predicted molar refractivity (Wildman–Crippen MR) is 133 cm³/mol. The number of carbonyl (C=O) groups excluding carboxylic acids is 1. The van der Waals surface area contributed by atoms with E-state index >= 15 is 0 Å². The Morgan fingerprint density at radius 3 is 2.76 bits per heavy atom. The average Bonchev–Trinajstić information content (AvgIpc) is 3.38. The van der Waals surface area contributed by atoms with Crippen molar-refractivity contribution in [2.24, 2.45) is 11.3 Å². The summed E-state index contributed by atoms with van der Waals surface area (Å²) < 4.78 is 15.3. The van der Waals surface area contributed by atoms with Crippen molar-refractivity contribution in [1.29, 1.82) is 0 Å². The average molecular weight is 456 g/mol. The molecule has 1 heterocycles. The number of carbonyl (C=O) groups is 1. The lowest BCUT2D eigenvalue weighted by molar-refractivity contribution is -0.121. The molecule has 0 bridgehead atoms. The van der Waals surface area contributed by atoms with Gasteiger partial charge in [0.25, 0.3) is 0 Å². The molecule has 1 aromatic heterocycles. The van der Waals surface area contributed by atoms with Crippen molar-refractivity contribution in [2.75, 3.05) is 0 Å². The first-order valence-corrected chi connectivity index (χ1v) is 12.0. The molecule has 1 fully saturated rings. The van der Waals surface area contributed by atoms with Crippen molar-refractivity contribution in [3.63, 3.8) is 0 Å². The quantitative estimate of drug-likeness (QED) is 0.432. The molecule has 2 aromatic carbocycles. The smallest absolute Gasteiger partial charge is 0.224 e. The second-order valence-corrected chi connectivity index (χ2v) is 9.70. The van der Waals surface area contributed by atoms with Crippen molar-refractivity contribution >= 4 is 12.0 Å². The van der Waals surface area contributed by atoms with Gasteiger partial charge in [-0.15, -0.1) is 6.58 Å². The third-order valence-corrected chi connectivity index (χ3v) is 7.61. The Labute approximate surface area is 200 Å². The Kier molecular flexibility index (Phi) is 5.94. The van der Waals surface area contributed by atoms with Crippen LogP contribution in [0.1, 0.15) is 55.5 Å². The molecule has 0 saturated heterocycles. The van der Waals surface area contributed by atoms with Gasteiger partial charge >= 0.3 is 0 Å². The number of hydrogen-bond donors (Lipinski definition) is 1. The van der Waals surface area contributed by atoms with Crippen molar-refractivity contribution < 1.29 is 9.18 Å². The summed E-state index contributed by atoms with van der Waals surface area (Å²) in [5, 5.41) is 7.88. The lowest BCUT2D eigenvalue weighted by Gasteiger charge is -2.37. The molecule has 2 aliphatic carbocycles. The molecule has 0 spiro atoms. The van der Waals surface area contributed by atoms with Gasteiger partial charge < -0.3 is 5.32 Å². The zero-order valence-corrected chi connectivity index (χ0v) is 19.5. The van der Waals surface area contributed by atoms with E-state index in [1.165, 1.54) is 23.3 Å². The van der Waals surface area contributed by atoms with Gasteiger partial charge in [0.2, 0.25) is 5.91 Å². The highest BCUT2D eigenvalue weighted by Crippen LogP contribution is 2.55. The summed E-state index contributed by atoms with van der Waals surface area (Å²) in [5.41, 5.74) is 5.79. The molecule has 0 radical (unpaired) electrons. The van der Waals surface area contributed by atoms with E-state index in [4.69, 9.17) is 0 Å². The Morgan fingerprint density at radius 1 is 1.26 bits per heavy atom. The van der Waals surface area contributed by atoms with E-state index in [0.29, 0.717) is 12.3 Å². The molecule has 2 aliphatic rings. The Hall–Kier alpha value is -3.47. The number of rotatable bonds is 7. The van der Waals surface area contributed by atoms with Crippen LogP contribution in [0, 0.1) is 17.2 Å². The Balaban J connectivity index is 1.42. The molecule has 1 N–H and O–H groups in total. The van der Waals surface area contributed by atoms with Gasteiger partial charge in [0, 0.05) is 6.42 Å². The zero-order valence-electron chi connectivity index (χ0n) is 19.5. The minimum Gasteiger partial charge on any atom is -0.349 e. The predicted octanol–water partition coefficient (Wildman–Crippen LogP) is 6.19. The highest BCUT2D eigenvalue weighted by Gasteiger charge is 2.46. The third kappa shape index (κ3) is 4.11. The van der Waals surface area contributed by atoms with Crippen LogP contribution in [0.2, 0.25) is 0 Å². The standard InChI is InChI=1S/C29H30FN3O/c1-3-7-28(34)32-26(20-8-5-4-6-9-20)16-22-10-11-23-17-27-21(18-29(22,23)2)19-31-33(27)25-14-12-24(30)13-15-25/h3-6,8-9,12-15,17,19,22,26H,1,7,10-11,16,18H2,2H3,(H,32,34)/t22-,26?,29-/m1/s1. The summed E-state index contributed by atoms with van der Waals surface area (Å²) in [6.45, 7) is 6.07. The third-order valence-electron chi connectivity index (χ3n) is 7.61. The van der Waals surface area contributed by atoms with Gasteiger partial charge in [0.05, 0.1) is 23.6 Å². The van der Waals surface area contributed by atoms with Gasteiger partial charge in [-0.05, 0) is 78.5 Å². The van der Waals surface area contributed by atoms with E-state index < -0.39 is 0 Å². The fourth-order valence-corrected chi connectivity index (χ4v) is 5.73. The van der Waals surface area contributed by atoms with Crippen LogP contribution >= 0.6 is 0 Å². The summed E-state index contributed by atoms with van der Waals surface area (Å²) in [4.78, 5) is 12.5. The van der Waals surface area contributed by atoms with E-state index in [9.17, 15) is 9.18 Å². The van der Waals surface area contributed by atoms with E-state index in [-0.39, 0.29) is 23.2 Å². The van der Waals surface area contributed by atoms with Gasteiger partial charge in [0.1, 0.15) is 5.82 Å². The molecular formula is C29H30FN3O. The fourth-order valence-electron chi connectivity index (χ4n) is 5.73. The summed E-state index contributed by atoms with van der Waals surface area (Å²) in [5.74, 6) is 0.201. The normalized spacial score (nSPS) is 21.8. The molecule has 0 aliphatic heterocycles. The van der Waals surface area contributed by atoms with Crippen LogP contribution in [-0.2, 0) is 11.2 Å². The molecule has 1 saturated carbocycles. The maximum atomic E-state index is 13.4. The van der Waals surface area contributed by atoms with Crippen LogP contribution in [0.4, 0.5) is 4.39 Å². The van der Waals surface area contributed by atoms with E-state index in [1.807, 2.05) is 29.1 Å². The molecule has 1 unspecified atom stereocenters. The lowest BCUT2D eigenvalue weighted by atomic mass is 9.68. The Morgan fingerprint density at radius 2 is 2.03 bits per heavy atom. The van der Waals surface area contributed by atoms with Crippen LogP contribution in [0.25, 0.3) is 11.8 Å². The number of halogens is 1. The first-order chi connectivity index (χ1) is 16.5. The Bertz CT molecular complexity index is 1230. The van der Waals surface area contributed by atoms with Crippen molar-refractivity contribution in [2.45, 2.75) is 45.1 Å². The first kappa shape index (κ1) is 22.3. The number of hydrogen-bond acceptors (Lipinski definition) is 2. The van der Waals surface area contributed by atoms with Gasteiger partial charge in [-0.1, -0.05) is 48.9 Å². The summed E-state index contributed by atoms with van der Waals surface area (Å²) in [7, 11) is 0. The minimum absolute atomic E-state index is 0.00859. The van der Waals surface area contributed by atoms with Crippen LogP contribution < -0.4 is 5.32 Å². The van der Waals surface area contributed by atoms with Crippen molar-refractivity contribution in [3.05, 3.63) is 102 Å². The molecule has 174 valence electrons. The van der Waals surface area contributed by atoms with Crippen molar-refractivity contribution in [1.82, 2.24) is 15.1 Å². The number of nitrogens with zero attached hydrogens (tertiary/aromatic N) is 2. The highest BCUT2D eigenvalue weighted by molar-refractivity contribution is 5.77. The van der Waals surface area contributed by atoms with Crippen LogP contribution in [0.3, 0.4) is 0 Å². The number of benzene rings is 2. The van der Waals surface area contributed by atoms with E-state index in [2.05, 4.69) is 42.1 Å². The van der Waals surface area contributed by atoms with Gasteiger partial charge in [-0.25, -0.2) is 9.07 Å². The highest BCUT2D eigenvalue weighted by atomic mass is 19.1. The van der Waals surface area contributed by atoms with Crippen molar-refractivity contribution in [3.8, 4) is 5.69 Å². The second-order valence-electron chi connectivity index (χ2n) is 9.70. The SMILES string of the molecule is C=CCC(=O)NC(C[C@H]1CCC2=Cc3c(cnn3-c3ccc(F)cc3)C[C@@]21C)c1ccccc1. The maximum absolute atomic E-state index is 13.4. The lowest BCUT2D eigenvalue weighted by Crippen LogP contribution is -2.34. The van der Waals surface area contributed by atoms with Crippen LogP contribution in [0.5, 0.6) is 0 Å². The number of amides is 1. The molecule has 34 heavy (non-hydrogen) atoms. The molecule has 1 amide bonds. The number of aromatic nitrogens is 2. The van der Waals surface area contributed by atoms with E-state index in [1.54, 1.807) is 18.2 Å².